The van der Waals surface area contributed by atoms with Gasteiger partial charge in [0.25, 0.3) is 0 Å². The highest BCUT2D eigenvalue weighted by Gasteiger charge is 2.73. The maximum Gasteiger partial charge on any atom is 0.313 e. The lowest BCUT2D eigenvalue weighted by molar-refractivity contribution is -0.134. The van der Waals surface area contributed by atoms with Gasteiger partial charge in [0, 0.05) is 0 Å². The molecule has 9 heteroatoms. The zero-order valence-corrected chi connectivity index (χ0v) is 12.3. The molecular weight excluding hydrogens is 302 g/mol. The summed E-state index contributed by atoms with van der Waals surface area (Å²) < 4.78 is 0.433. The van der Waals surface area contributed by atoms with E-state index in [2.05, 4.69) is 10.2 Å². The van der Waals surface area contributed by atoms with E-state index in [1.165, 1.54) is 0 Å². The van der Waals surface area contributed by atoms with Crippen molar-refractivity contribution in [1.82, 2.24) is 10.2 Å². The fourth-order valence-corrected chi connectivity index (χ4v) is 4.18. The average Bonchev–Trinajstić information content (AvgIpc) is 2.68. The molecule has 2 heterocycles. The Kier molecular flexibility index (Phi) is 2.87. The van der Waals surface area contributed by atoms with Gasteiger partial charge < -0.3 is 5.11 Å². The topological polar surface area (TPSA) is 100 Å². The number of amides is 2. The molecule has 0 aromatic carbocycles. The number of hydrogen-bond acceptors (Lipinski definition) is 7. The Bertz CT molecular complexity index is 603. The van der Waals surface area contributed by atoms with E-state index in [4.69, 9.17) is 5.11 Å². The molecule has 1 aromatic heterocycles. The van der Waals surface area contributed by atoms with Gasteiger partial charge in [-0.15, -0.1) is 10.2 Å². The van der Waals surface area contributed by atoms with Crippen molar-refractivity contribution in [3.63, 3.8) is 0 Å². The van der Waals surface area contributed by atoms with Crippen molar-refractivity contribution < 1.29 is 19.5 Å². The minimum absolute atomic E-state index is 0.130. The SMILES string of the molecule is CC1(C)C2C(=O)N(c3nnc(SCC(=O)O)s3)C(=O)C21. The third-order valence-electron chi connectivity index (χ3n) is 3.71. The highest BCUT2D eigenvalue weighted by atomic mass is 32.2. The number of fused-ring (bicyclic) bond motifs is 1. The molecule has 0 radical (unpaired) electrons. The first kappa shape index (κ1) is 13.5. The second-order valence-electron chi connectivity index (χ2n) is 5.32. The summed E-state index contributed by atoms with van der Waals surface area (Å²) >= 11 is 2.08. The van der Waals surface area contributed by atoms with Crippen LogP contribution in [0.15, 0.2) is 4.34 Å². The molecule has 2 atom stereocenters. The number of carboxylic acid groups (broad SMARTS) is 1. The number of piperidine rings is 1. The largest absolute Gasteiger partial charge is 0.481 e. The molecular formula is C11H11N3O4S2. The van der Waals surface area contributed by atoms with Crippen LogP contribution in [-0.2, 0) is 14.4 Å². The molecule has 1 aromatic rings. The standard InChI is InChI=1S/C11H11N3O4S2/c1-11(2)5-6(11)8(18)14(7(5)17)9-12-13-10(20-9)19-3-4(15)16/h5-6H,3H2,1-2H3,(H,15,16). The maximum absolute atomic E-state index is 12.2. The fraction of sp³-hybridized carbons (Fsp3) is 0.545. The van der Waals surface area contributed by atoms with E-state index >= 15 is 0 Å². The summed E-state index contributed by atoms with van der Waals surface area (Å²) in [7, 11) is 0. The number of imide groups is 1. The Balaban J connectivity index is 1.77. The van der Waals surface area contributed by atoms with Gasteiger partial charge in [-0.3, -0.25) is 14.4 Å². The van der Waals surface area contributed by atoms with Gasteiger partial charge in [-0.25, -0.2) is 4.90 Å². The van der Waals surface area contributed by atoms with E-state index in [1.807, 2.05) is 13.8 Å². The first-order valence-corrected chi connectivity index (χ1v) is 7.70. The molecule has 0 spiro atoms. The van der Waals surface area contributed by atoms with Crippen LogP contribution in [0.1, 0.15) is 13.8 Å². The third kappa shape index (κ3) is 1.84. The number of aliphatic carboxylic acids is 1. The molecule has 1 saturated carbocycles. The molecule has 1 aliphatic heterocycles. The summed E-state index contributed by atoms with van der Waals surface area (Å²) in [6, 6.07) is 0. The van der Waals surface area contributed by atoms with Gasteiger partial charge in [0.1, 0.15) is 0 Å². The van der Waals surface area contributed by atoms with Crippen LogP contribution in [0.3, 0.4) is 0 Å². The normalized spacial score (nSPS) is 26.8. The van der Waals surface area contributed by atoms with E-state index in [1.54, 1.807) is 0 Å². The Labute approximate surface area is 122 Å². The number of thioether (sulfide) groups is 1. The summed E-state index contributed by atoms with van der Waals surface area (Å²) in [4.78, 5) is 35.9. The van der Waals surface area contributed by atoms with Gasteiger partial charge in [-0.1, -0.05) is 36.9 Å². The third-order valence-corrected chi connectivity index (χ3v) is 5.73. The van der Waals surface area contributed by atoms with E-state index in [0.29, 0.717) is 4.34 Å². The molecule has 2 amide bonds. The van der Waals surface area contributed by atoms with Crippen LogP contribution >= 0.6 is 23.1 Å². The van der Waals surface area contributed by atoms with Gasteiger partial charge in [-0.2, -0.15) is 0 Å². The first-order valence-electron chi connectivity index (χ1n) is 5.90. The number of aromatic nitrogens is 2. The van der Waals surface area contributed by atoms with Crippen LogP contribution in [0, 0.1) is 17.3 Å². The van der Waals surface area contributed by atoms with Gasteiger partial charge in [0.15, 0.2) is 4.34 Å². The number of nitrogens with zero attached hydrogens (tertiary/aromatic N) is 3. The predicted octanol–water partition coefficient (Wildman–Crippen LogP) is 0.860. The lowest BCUT2D eigenvalue weighted by Gasteiger charge is -2.16. The summed E-state index contributed by atoms with van der Waals surface area (Å²) in [6.07, 6.45) is 0. The smallest absolute Gasteiger partial charge is 0.313 e. The molecule has 2 aliphatic rings. The molecule has 7 nitrogen and oxygen atoms in total. The minimum atomic E-state index is -0.955. The van der Waals surface area contributed by atoms with Crippen LogP contribution < -0.4 is 4.90 Å². The van der Waals surface area contributed by atoms with Crippen LogP contribution in [0.5, 0.6) is 0 Å². The maximum atomic E-state index is 12.2. The zero-order valence-electron chi connectivity index (χ0n) is 10.7. The lowest BCUT2D eigenvalue weighted by Crippen LogP contribution is -2.36. The number of carbonyl (C=O) groups is 3. The predicted molar refractivity (Wildman–Crippen MR) is 71.5 cm³/mol. The quantitative estimate of drug-likeness (QED) is 0.500. The lowest BCUT2D eigenvalue weighted by atomic mass is 10.1. The Morgan fingerprint density at radius 3 is 2.50 bits per heavy atom. The second-order valence-corrected chi connectivity index (χ2v) is 7.50. The van der Waals surface area contributed by atoms with Crippen LogP contribution in [0.4, 0.5) is 5.13 Å². The van der Waals surface area contributed by atoms with Crippen molar-refractivity contribution in [3.8, 4) is 0 Å². The second kappa shape index (κ2) is 4.26. The van der Waals surface area contributed by atoms with Crippen LogP contribution in [0.25, 0.3) is 0 Å². The molecule has 1 aliphatic carbocycles. The molecule has 2 unspecified atom stereocenters. The van der Waals surface area contributed by atoms with E-state index in [0.717, 1.165) is 28.0 Å². The Morgan fingerprint density at radius 1 is 1.35 bits per heavy atom. The zero-order chi connectivity index (χ0) is 14.7. The summed E-state index contributed by atoms with van der Waals surface area (Å²) in [5, 5.41) is 16.4. The van der Waals surface area contributed by atoms with E-state index in [9.17, 15) is 14.4 Å². The van der Waals surface area contributed by atoms with E-state index < -0.39 is 5.97 Å². The number of hydrogen-bond donors (Lipinski definition) is 1. The van der Waals surface area contributed by atoms with Crippen molar-refractivity contribution in [3.05, 3.63) is 0 Å². The molecule has 3 rings (SSSR count). The number of rotatable bonds is 4. The molecule has 2 fully saturated rings. The number of carbonyl (C=O) groups excluding carboxylic acids is 2. The van der Waals surface area contributed by atoms with Gasteiger partial charge in [-0.05, 0) is 5.41 Å². The highest BCUT2D eigenvalue weighted by molar-refractivity contribution is 8.01. The van der Waals surface area contributed by atoms with Gasteiger partial charge in [0.05, 0.1) is 17.6 Å². The molecule has 0 bridgehead atoms. The Hall–Kier alpha value is -1.48. The van der Waals surface area contributed by atoms with Crippen molar-refractivity contribution in [2.24, 2.45) is 17.3 Å². The van der Waals surface area contributed by atoms with Crippen molar-refractivity contribution in [1.29, 1.82) is 0 Å². The molecule has 106 valence electrons. The number of anilines is 1. The van der Waals surface area contributed by atoms with Crippen molar-refractivity contribution in [2.45, 2.75) is 18.2 Å². The minimum Gasteiger partial charge on any atom is -0.481 e. The van der Waals surface area contributed by atoms with Crippen molar-refractivity contribution in [2.75, 3.05) is 10.7 Å². The Morgan fingerprint density at radius 2 is 1.95 bits per heavy atom. The average molecular weight is 313 g/mol. The first-order chi connectivity index (χ1) is 9.34. The van der Waals surface area contributed by atoms with Crippen LogP contribution in [-0.4, -0.2) is 38.8 Å². The fourth-order valence-electron chi connectivity index (χ4n) is 2.61. The summed E-state index contributed by atoms with van der Waals surface area (Å²) in [5.41, 5.74) is -0.254. The number of carboxylic acids is 1. The molecule has 1 saturated heterocycles. The van der Waals surface area contributed by atoms with Gasteiger partial charge >= 0.3 is 5.97 Å². The molecule has 20 heavy (non-hydrogen) atoms. The summed E-state index contributed by atoms with van der Waals surface area (Å²) in [5.74, 6) is -2.05. The summed E-state index contributed by atoms with van der Waals surface area (Å²) in [6.45, 7) is 3.81. The van der Waals surface area contributed by atoms with E-state index in [-0.39, 0.29) is 39.9 Å². The molecule has 1 N–H and O–H groups in total. The van der Waals surface area contributed by atoms with Crippen LogP contribution in [0.2, 0.25) is 0 Å². The van der Waals surface area contributed by atoms with Crippen molar-refractivity contribution >= 4 is 46.0 Å². The highest BCUT2D eigenvalue weighted by Crippen LogP contribution is 2.63. The monoisotopic (exact) mass is 313 g/mol. The van der Waals surface area contributed by atoms with Gasteiger partial charge in [0.2, 0.25) is 16.9 Å².